The molecule has 0 saturated carbocycles. The van der Waals surface area contributed by atoms with Crippen molar-refractivity contribution in [2.45, 2.75) is 32.2 Å². The van der Waals surface area contributed by atoms with E-state index in [0.717, 1.165) is 12.1 Å². The van der Waals surface area contributed by atoms with E-state index in [0.29, 0.717) is 47.5 Å². The van der Waals surface area contributed by atoms with Crippen molar-refractivity contribution < 1.29 is 22.6 Å². The number of anilines is 3. The van der Waals surface area contributed by atoms with Crippen LogP contribution in [0.5, 0.6) is 5.88 Å². The first-order valence-electron chi connectivity index (χ1n) is 10.4. The Balaban J connectivity index is 1.59. The maximum atomic E-state index is 12.9. The molecule has 10 heteroatoms. The number of aromatic nitrogens is 3. The zero-order valence-electron chi connectivity index (χ0n) is 18.4. The van der Waals surface area contributed by atoms with Gasteiger partial charge in [-0.3, -0.25) is 0 Å². The fourth-order valence-corrected chi connectivity index (χ4v) is 3.76. The molecule has 4 rings (SSSR count). The van der Waals surface area contributed by atoms with Crippen molar-refractivity contribution >= 4 is 17.5 Å². The highest BCUT2D eigenvalue weighted by atomic mass is 19.4. The van der Waals surface area contributed by atoms with Crippen LogP contribution in [-0.4, -0.2) is 47.4 Å². The number of nitrogens with zero attached hydrogens (tertiary/aromatic N) is 4. The summed E-state index contributed by atoms with van der Waals surface area (Å²) in [6.07, 6.45) is -1.04. The molecule has 0 unspecified atom stereocenters. The minimum absolute atomic E-state index is 0.0682. The first-order valence-corrected chi connectivity index (χ1v) is 10.4. The Labute approximate surface area is 189 Å². The average molecular weight is 459 g/mol. The molecule has 0 radical (unpaired) electrons. The van der Waals surface area contributed by atoms with Crippen molar-refractivity contribution in [3.05, 3.63) is 54.4 Å². The van der Waals surface area contributed by atoms with Crippen LogP contribution in [0.4, 0.5) is 30.6 Å². The lowest BCUT2D eigenvalue weighted by Gasteiger charge is -2.35. The number of methoxy groups -OCH3 is 1. The quantitative estimate of drug-likeness (QED) is 0.580. The van der Waals surface area contributed by atoms with Gasteiger partial charge in [0.1, 0.15) is 11.5 Å². The molecule has 1 aromatic carbocycles. The van der Waals surface area contributed by atoms with Gasteiger partial charge in [0.25, 0.3) is 0 Å². The van der Waals surface area contributed by atoms with Crippen LogP contribution in [-0.2, 0) is 10.9 Å². The maximum Gasteiger partial charge on any atom is 0.416 e. The number of rotatable bonds is 5. The zero-order chi connectivity index (χ0) is 23.6. The Kier molecular flexibility index (Phi) is 6.37. The number of nitrogens with one attached hydrogen (secondary N) is 1. The van der Waals surface area contributed by atoms with Gasteiger partial charge in [0.05, 0.1) is 24.9 Å². The van der Waals surface area contributed by atoms with Gasteiger partial charge in [-0.1, -0.05) is 12.1 Å². The average Bonchev–Trinajstić information content (AvgIpc) is 2.78. The first-order chi connectivity index (χ1) is 15.7. The number of alkyl halides is 3. The number of hydrogen-bond acceptors (Lipinski definition) is 7. The summed E-state index contributed by atoms with van der Waals surface area (Å²) in [5.41, 5.74) is 1.06. The summed E-state index contributed by atoms with van der Waals surface area (Å²) >= 11 is 0. The molecule has 0 bridgehead atoms. The molecule has 1 fully saturated rings. The van der Waals surface area contributed by atoms with Crippen LogP contribution < -0.4 is 15.0 Å². The monoisotopic (exact) mass is 459 g/mol. The maximum absolute atomic E-state index is 12.9. The van der Waals surface area contributed by atoms with Gasteiger partial charge in [-0.15, -0.1) is 0 Å². The molecule has 0 amide bonds. The van der Waals surface area contributed by atoms with Gasteiger partial charge >= 0.3 is 6.18 Å². The fraction of sp³-hybridized carbons (Fsp3) is 0.348. The smallest absolute Gasteiger partial charge is 0.416 e. The molecular formula is C23H24F3N5O2. The predicted molar refractivity (Wildman–Crippen MR) is 119 cm³/mol. The Hall–Kier alpha value is -3.40. The van der Waals surface area contributed by atoms with E-state index in [2.05, 4.69) is 25.2 Å². The molecule has 1 N–H and O–H groups in total. The zero-order valence-corrected chi connectivity index (χ0v) is 18.4. The van der Waals surface area contributed by atoms with Crippen LogP contribution in [0, 0.1) is 0 Å². The highest BCUT2D eigenvalue weighted by molar-refractivity contribution is 5.72. The van der Waals surface area contributed by atoms with Crippen LogP contribution in [0.2, 0.25) is 0 Å². The molecule has 2 atom stereocenters. The second-order valence-corrected chi connectivity index (χ2v) is 7.89. The molecule has 7 nitrogen and oxygen atoms in total. The summed E-state index contributed by atoms with van der Waals surface area (Å²) in [4.78, 5) is 15.4. The number of hydrogen-bond donors (Lipinski definition) is 1. The van der Waals surface area contributed by atoms with Crippen LogP contribution in [0.25, 0.3) is 11.1 Å². The third kappa shape index (κ3) is 5.33. The third-order valence-corrected chi connectivity index (χ3v) is 5.20. The van der Waals surface area contributed by atoms with Gasteiger partial charge in [0.15, 0.2) is 0 Å². The van der Waals surface area contributed by atoms with Crippen molar-refractivity contribution in [2.24, 2.45) is 0 Å². The lowest BCUT2D eigenvalue weighted by atomic mass is 10.0. The largest absolute Gasteiger partial charge is 0.480 e. The fourth-order valence-electron chi connectivity index (χ4n) is 3.76. The van der Waals surface area contributed by atoms with Crippen molar-refractivity contribution in [1.82, 2.24) is 15.0 Å². The van der Waals surface area contributed by atoms with Crippen LogP contribution in [0.1, 0.15) is 19.4 Å². The van der Waals surface area contributed by atoms with Gasteiger partial charge < -0.3 is 19.7 Å². The predicted octanol–water partition coefficient (Wildman–Crippen LogP) is 4.92. The van der Waals surface area contributed by atoms with Crippen LogP contribution >= 0.6 is 0 Å². The summed E-state index contributed by atoms with van der Waals surface area (Å²) < 4.78 is 49.8. The number of halogens is 3. The lowest BCUT2D eigenvalue weighted by Crippen LogP contribution is -2.46. The molecule has 3 aromatic rings. The standard InChI is InChI=1S/C23H24F3N5O2/c1-14-12-31(13-15(2)33-14)22-27-9-8-20(30-22)29-19-10-17(11-28-21(19)32-3)16-4-6-18(7-5-16)23(24,25)26/h4-11,14-15H,12-13H2,1-3H3,(H,27,29,30)/t14-,15+. The number of benzene rings is 1. The molecule has 3 heterocycles. The minimum Gasteiger partial charge on any atom is -0.480 e. The topological polar surface area (TPSA) is 72.4 Å². The molecule has 0 spiro atoms. The molecule has 174 valence electrons. The van der Waals surface area contributed by atoms with Gasteiger partial charge in [0, 0.05) is 31.0 Å². The number of pyridine rings is 1. The van der Waals surface area contributed by atoms with Crippen molar-refractivity contribution in [1.29, 1.82) is 0 Å². The molecule has 0 aliphatic carbocycles. The van der Waals surface area contributed by atoms with Gasteiger partial charge in [-0.2, -0.15) is 18.2 Å². The number of ether oxygens (including phenoxy) is 2. The van der Waals surface area contributed by atoms with Crippen LogP contribution in [0.3, 0.4) is 0 Å². The summed E-state index contributed by atoms with van der Waals surface area (Å²) in [5, 5.41) is 3.19. The molecule has 1 aliphatic heterocycles. The molecular weight excluding hydrogens is 435 g/mol. The van der Waals surface area contributed by atoms with Crippen LogP contribution in [0.15, 0.2) is 48.8 Å². The van der Waals surface area contributed by atoms with E-state index >= 15 is 0 Å². The molecule has 2 aromatic heterocycles. The summed E-state index contributed by atoms with van der Waals surface area (Å²) in [6, 6.07) is 8.41. The second kappa shape index (κ2) is 9.22. The molecule has 1 aliphatic rings. The summed E-state index contributed by atoms with van der Waals surface area (Å²) in [7, 11) is 1.49. The SMILES string of the molecule is COc1ncc(-c2ccc(C(F)(F)F)cc2)cc1Nc1ccnc(N2C[C@@H](C)O[C@@H](C)C2)n1. The Morgan fingerprint density at radius 2 is 1.73 bits per heavy atom. The Morgan fingerprint density at radius 3 is 2.36 bits per heavy atom. The van der Waals surface area contributed by atoms with Crippen molar-refractivity contribution in [2.75, 3.05) is 30.4 Å². The van der Waals surface area contributed by atoms with E-state index in [4.69, 9.17) is 9.47 Å². The number of morpholine rings is 1. The van der Waals surface area contributed by atoms with Gasteiger partial charge in [0.2, 0.25) is 11.8 Å². The van der Waals surface area contributed by atoms with Gasteiger partial charge in [-0.05, 0) is 43.7 Å². The van der Waals surface area contributed by atoms with E-state index in [1.807, 2.05) is 13.8 Å². The van der Waals surface area contributed by atoms with Crippen molar-refractivity contribution in [3.63, 3.8) is 0 Å². The van der Waals surface area contributed by atoms with E-state index in [1.165, 1.54) is 19.2 Å². The minimum atomic E-state index is -4.38. The highest BCUT2D eigenvalue weighted by Gasteiger charge is 2.30. The Morgan fingerprint density at radius 1 is 1.03 bits per heavy atom. The van der Waals surface area contributed by atoms with E-state index in [-0.39, 0.29) is 12.2 Å². The van der Waals surface area contributed by atoms with E-state index in [9.17, 15) is 13.2 Å². The molecule has 33 heavy (non-hydrogen) atoms. The van der Waals surface area contributed by atoms with Gasteiger partial charge in [-0.25, -0.2) is 9.97 Å². The first kappa shape index (κ1) is 22.8. The molecule has 1 saturated heterocycles. The van der Waals surface area contributed by atoms with E-state index < -0.39 is 11.7 Å². The van der Waals surface area contributed by atoms with E-state index in [1.54, 1.807) is 24.5 Å². The van der Waals surface area contributed by atoms with Crippen molar-refractivity contribution in [3.8, 4) is 17.0 Å². The third-order valence-electron chi connectivity index (χ3n) is 5.20. The Bertz CT molecular complexity index is 1100. The summed E-state index contributed by atoms with van der Waals surface area (Å²) in [5.74, 6) is 1.45. The normalized spacial score (nSPS) is 18.8. The lowest BCUT2D eigenvalue weighted by molar-refractivity contribution is -0.137. The summed E-state index contributed by atoms with van der Waals surface area (Å²) in [6.45, 7) is 5.38. The second-order valence-electron chi connectivity index (χ2n) is 7.89. The highest BCUT2D eigenvalue weighted by Crippen LogP contribution is 2.33.